The number of hydrogen-bond acceptors (Lipinski definition) is 1. The molecule has 0 heterocycles. The average molecular weight is 321 g/mol. The van der Waals surface area contributed by atoms with Crippen molar-refractivity contribution >= 4 is 0 Å². The SMILES string of the molecule is CCOc1ccccc1.[CH3-].[W]. The van der Waals surface area contributed by atoms with E-state index in [0.717, 1.165) is 12.4 Å². The number of rotatable bonds is 2. The molecule has 1 nitrogen and oxygen atoms in total. The van der Waals surface area contributed by atoms with Crippen LogP contribution in [0.1, 0.15) is 6.92 Å². The Morgan fingerprint density at radius 2 is 1.73 bits per heavy atom. The van der Waals surface area contributed by atoms with Gasteiger partial charge in [-0.05, 0) is 19.1 Å². The molecule has 1 aromatic rings. The summed E-state index contributed by atoms with van der Waals surface area (Å²) in [7, 11) is 0. The van der Waals surface area contributed by atoms with Crippen molar-refractivity contribution in [2.75, 3.05) is 6.61 Å². The standard InChI is InChI=1S/C8H10O.CH3.W/c1-2-9-8-6-4-3-5-7-8;;/h3-7H,2H2,1H3;1H3;/q;-1;. The minimum absolute atomic E-state index is 0. The summed E-state index contributed by atoms with van der Waals surface area (Å²) >= 11 is 0. The van der Waals surface area contributed by atoms with Crippen LogP contribution in [0.2, 0.25) is 0 Å². The molecule has 0 saturated heterocycles. The Morgan fingerprint density at radius 1 is 1.18 bits per heavy atom. The summed E-state index contributed by atoms with van der Waals surface area (Å²) in [6.45, 7) is 2.72. The fourth-order valence-corrected chi connectivity index (χ4v) is 0.683. The van der Waals surface area contributed by atoms with Gasteiger partial charge in [0, 0.05) is 21.1 Å². The van der Waals surface area contributed by atoms with Crippen LogP contribution in [0.4, 0.5) is 0 Å². The molecule has 0 bridgehead atoms. The van der Waals surface area contributed by atoms with Gasteiger partial charge in [-0.3, -0.25) is 0 Å². The third-order valence-electron chi connectivity index (χ3n) is 1.05. The summed E-state index contributed by atoms with van der Waals surface area (Å²) in [5.74, 6) is 0.944. The maximum absolute atomic E-state index is 5.21. The Hall–Kier alpha value is -0.292. The van der Waals surface area contributed by atoms with Crippen molar-refractivity contribution in [3.05, 3.63) is 37.8 Å². The van der Waals surface area contributed by atoms with Crippen LogP contribution in [-0.2, 0) is 21.1 Å². The molecule has 0 unspecified atom stereocenters. The molecule has 11 heavy (non-hydrogen) atoms. The summed E-state index contributed by atoms with van der Waals surface area (Å²) in [5.41, 5.74) is 0. The van der Waals surface area contributed by atoms with Crippen LogP contribution in [0.25, 0.3) is 0 Å². The van der Waals surface area contributed by atoms with Crippen molar-refractivity contribution in [2.24, 2.45) is 0 Å². The van der Waals surface area contributed by atoms with Gasteiger partial charge >= 0.3 is 0 Å². The molecule has 0 atom stereocenters. The summed E-state index contributed by atoms with van der Waals surface area (Å²) < 4.78 is 5.21. The second-order valence-corrected chi connectivity index (χ2v) is 1.75. The number of hydrogen-bond donors (Lipinski definition) is 0. The van der Waals surface area contributed by atoms with Crippen LogP contribution in [0, 0.1) is 7.43 Å². The zero-order valence-electron chi connectivity index (χ0n) is 6.91. The van der Waals surface area contributed by atoms with Crippen LogP contribution in [0.15, 0.2) is 30.3 Å². The fourth-order valence-electron chi connectivity index (χ4n) is 0.683. The monoisotopic (exact) mass is 321 g/mol. The van der Waals surface area contributed by atoms with E-state index in [1.54, 1.807) is 0 Å². The van der Waals surface area contributed by atoms with Crippen molar-refractivity contribution in [2.45, 2.75) is 6.92 Å². The molecule has 0 fully saturated rings. The first-order valence-electron chi connectivity index (χ1n) is 3.11. The van der Waals surface area contributed by atoms with Crippen LogP contribution in [0.3, 0.4) is 0 Å². The molecule has 0 spiro atoms. The maximum Gasteiger partial charge on any atom is 0.119 e. The van der Waals surface area contributed by atoms with Gasteiger partial charge in [-0.1, -0.05) is 18.2 Å². The van der Waals surface area contributed by atoms with E-state index < -0.39 is 0 Å². The molecular formula is C9H13OW-. The third-order valence-corrected chi connectivity index (χ3v) is 1.05. The molecule has 0 saturated carbocycles. The Kier molecular flexibility index (Phi) is 9.45. The maximum atomic E-state index is 5.21. The molecule has 0 aliphatic heterocycles. The molecule has 2 heteroatoms. The Morgan fingerprint density at radius 3 is 2.18 bits per heavy atom. The van der Waals surface area contributed by atoms with E-state index in [1.165, 1.54) is 0 Å². The molecule has 1 aromatic carbocycles. The summed E-state index contributed by atoms with van der Waals surface area (Å²) in [6.07, 6.45) is 0. The summed E-state index contributed by atoms with van der Waals surface area (Å²) in [5, 5.41) is 0. The number of ether oxygens (including phenoxy) is 1. The Bertz CT molecular complexity index is 162. The second kappa shape index (κ2) is 7.81. The summed E-state index contributed by atoms with van der Waals surface area (Å²) in [6, 6.07) is 9.80. The van der Waals surface area contributed by atoms with Crippen LogP contribution in [0.5, 0.6) is 5.75 Å². The van der Waals surface area contributed by atoms with E-state index >= 15 is 0 Å². The fraction of sp³-hybridized carbons (Fsp3) is 0.222. The van der Waals surface area contributed by atoms with Gasteiger partial charge in [-0.2, -0.15) is 0 Å². The minimum atomic E-state index is 0. The number of para-hydroxylation sites is 1. The largest absolute Gasteiger partial charge is 0.494 e. The first-order chi connectivity index (χ1) is 4.43. The first-order valence-corrected chi connectivity index (χ1v) is 3.11. The van der Waals surface area contributed by atoms with Crippen LogP contribution < -0.4 is 4.74 Å². The van der Waals surface area contributed by atoms with Gasteiger partial charge in [0.2, 0.25) is 0 Å². The van der Waals surface area contributed by atoms with Gasteiger partial charge in [0.1, 0.15) is 5.75 Å². The van der Waals surface area contributed by atoms with Crippen molar-refractivity contribution in [3.63, 3.8) is 0 Å². The van der Waals surface area contributed by atoms with E-state index in [9.17, 15) is 0 Å². The van der Waals surface area contributed by atoms with E-state index in [0.29, 0.717) is 0 Å². The van der Waals surface area contributed by atoms with E-state index in [4.69, 9.17) is 4.74 Å². The van der Waals surface area contributed by atoms with Crippen molar-refractivity contribution in [1.29, 1.82) is 0 Å². The van der Waals surface area contributed by atoms with Crippen molar-refractivity contribution in [1.82, 2.24) is 0 Å². The quantitative estimate of drug-likeness (QED) is 0.761. The van der Waals surface area contributed by atoms with E-state index in [-0.39, 0.29) is 28.5 Å². The molecule has 0 amide bonds. The first kappa shape index (κ1) is 13.3. The minimum Gasteiger partial charge on any atom is -0.494 e. The van der Waals surface area contributed by atoms with Gasteiger partial charge in [0.15, 0.2) is 0 Å². The van der Waals surface area contributed by atoms with Gasteiger partial charge in [0.25, 0.3) is 0 Å². The molecule has 0 aromatic heterocycles. The van der Waals surface area contributed by atoms with Crippen LogP contribution in [-0.4, -0.2) is 6.61 Å². The van der Waals surface area contributed by atoms with Gasteiger partial charge in [0.05, 0.1) is 6.61 Å². The Balaban J connectivity index is 0. The zero-order valence-corrected chi connectivity index (χ0v) is 9.84. The van der Waals surface area contributed by atoms with E-state index in [1.807, 2.05) is 37.3 Å². The summed E-state index contributed by atoms with van der Waals surface area (Å²) in [4.78, 5) is 0. The van der Waals surface area contributed by atoms with E-state index in [2.05, 4.69) is 0 Å². The number of benzene rings is 1. The predicted octanol–water partition coefficient (Wildman–Crippen LogP) is 2.53. The smallest absolute Gasteiger partial charge is 0.119 e. The van der Waals surface area contributed by atoms with Crippen LogP contribution >= 0.6 is 0 Å². The molecule has 1 rings (SSSR count). The zero-order chi connectivity index (χ0) is 6.53. The Labute approximate surface area is 83.0 Å². The van der Waals surface area contributed by atoms with Crippen molar-refractivity contribution in [3.8, 4) is 5.75 Å². The molecule has 0 aliphatic rings. The normalized spacial score (nSPS) is 7.36. The molecule has 62 valence electrons. The topological polar surface area (TPSA) is 9.23 Å². The molecular weight excluding hydrogens is 308 g/mol. The van der Waals surface area contributed by atoms with Gasteiger partial charge in [-0.25, -0.2) is 0 Å². The molecule has 0 aliphatic carbocycles. The molecule has 0 radical (unpaired) electrons. The van der Waals surface area contributed by atoms with Crippen molar-refractivity contribution < 1.29 is 25.8 Å². The van der Waals surface area contributed by atoms with Gasteiger partial charge in [-0.15, -0.1) is 0 Å². The second-order valence-electron chi connectivity index (χ2n) is 1.75. The average Bonchev–Trinajstić information content (AvgIpc) is 1.91. The predicted molar refractivity (Wildman–Crippen MR) is 44.0 cm³/mol. The third kappa shape index (κ3) is 5.03. The molecule has 0 N–H and O–H groups in total. The van der Waals surface area contributed by atoms with Gasteiger partial charge < -0.3 is 12.2 Å².